The van der Waals surface area contributed by atoms with Gasteiger partial charge in [-0.2, -0.15) is 0 Å². The Balaban J connectivity index is 0.00000243. The lowest BCUT2D eigenvalue weighted by Crippen LogP contribution is -2.39. The summed E-state index contributed by atoms with van der Waals surface area (Å²) < 4.78 is 2.04. The van der Waals surface area contributed by atoms with E-state index in [9.17, 15) is 0 Å². The first-order valence-corrected chi connectivity index (χ1v) is 9.53. The SMILES string of the molecule is CCNC(=NCc1cn2ccsc2n1)NCC(C)c1ccc(C)cc1.I. The fourth-order valence-electron chi connectivity index (χ4n) is 2.62. The predicted molar refractivity (Wildman–Crippen MR) is 121 cm³/mol. The number of halogens is 1. The Morgan fingerprint density at radius 3 is 2.73 bits per heavy atom. The van der Waals surface area contributed by atoms with Gasteiger partial charge in [-0.05, 0) is 25.3 Å². The minimum absolute atomic E-state index is 0. The van der Waals surface area contributed by atoms with Crippen LogP contribution in [0.5, 0.6) is 0 Å². The molecule has 0 amide bonds. The molecule has 0 saturated carbocycles. The lowest BCUT2D eigenvalue weighted by molar-refractivity contribution is 0.699. The van der Waals surface area contributed by atoms with Crippen molar-refractivity contribution in [2.24, 2.45) is 4.99 Å². The van der Waals surface area contributed by atoms with Crippen molar-refractivity contribution in [3.8, 4) is 0 Å². The summed E-state index contributed by atoms with van der Waals surface area (Å²) in [5, 5.41) is 8.78. The molecule has 140 valence electrons. The zero-order valence-electron chi connectivity index (χ0n) is 15.4. The number of benzene rings is 1. The minimum atomic E-state index is 0. The van der Waals surface area contributed by atoms with Crippen LogP contribution in [0.3, 0.4) is 0 Å². The number of nitrogens with one attached hydrogen (secondary N) is 2. The normalized spacial score (nSPS) is 12.7. The number of nitrogens with zero attached hydrogens (tertiary/aromatic N) is 3. The van der Waals surface area contributed by atoms with E-state index in [1.165, 1.54) is 11.1 Å². The van der Waals surface area contributed by atoms with Crippen LogP contribution >= 0.6 is 35.3 Å². The van der Waals surface area contributed by atoms with Crippen LogP contribution in [0.2, 0.25) is 0 Å². The number of hydrogen-bond donors (Lipinski definition) is 2. The van der Waals surface area contributed by atoms with Crippen molar-refractivity contribution in [2.75, 3.05) is 13.1 Å². The second kappa shape index (κ2) is 9.91. The molecule has 2 heterocycles. The molecular formula is C19H26IN5S. The van der Waals surface area contributed by atoms with Crippen LogP contribution in [-0.4, -0.2) is 28.4 Å². The van der Waals surface area contributed by atoms with Crippen LogP contribution in [0.25, 0.3) is 4.96 Å². The number of hydrogen-bond acceptors (Lipinski definition) is 3. The van der Waals surface area contributed by atoms with E-state index in [-0.39, 0.29) is 24.0 Å². The van der Waals surface area contributed by atoms with Crippen LogP contribution in [0, 0.1) is 6.92 Å². The van der Waals surface area contributed by atoms with Crippen LogP contribution in [0.1, 0.15) is 36.6 Å². The van der Waals surface area contributed by atoms with Gasteiger partial charge in [0.25, 0.3) is 0 Å². The second-order valence-electron chi connectivity index (χ2n) is 6.21. The summed E-state index contributed by atoms with van der Waals surface area (Å²) in [5.41, 5.74) is 3.61. The van der Waals surface area contributed by atoms with Gasteiger partial charge in [-0.15, -0.1) is 35.3 Å². The van der Waals surface area contributed by atoms with Gasteiger partial charge in [0, 0.05) is 30.9 Å². The number of imidazole rings is 1. The highest BCUT2D eigenvalue weighted by molar-refractivity contribution is 14.0. The summed E-state index contributed by atoms with van der Waals surface area (Å²) in [4.78, 5) is 10.2. The summed E-state index contributed by atoms with van der Waals surface area (Å²) in [6, 6.07) is 8.72. The van der Waals surface area contributed by atoms with Crippen LogP contribution < -0.4 is 10.6 Å². The molecule has 2 aromatic heterocycles. The van der Waals surface area contributed by atoms with Gasteiger partial charge < -0.3 is 10.6 Å². The number of fused-ring (bicyclic) bond motifs is 1. The number of aromatic nitrogens is 2. The maximum absolute atomic E-state index is 4.66. The first-order valence-electron chi connectivity index (χ1n) is 8.65. The maximum Gasteiger partial charge on any atom is 0.193 e. The molecule has 1 unspecified atom stereocenters. The molecule has 0 aliphatic carbocycles. The number of aliphatic imine (C=N–C) groups is 1. The average molecular weight is 483 g/mol. The summed E-state index contributed by atoms with van der Waals surface area (Å²) in [7, 11) is 0. The molecule has 3 aromatic rings. The van der Waals surface area contributed by atoms with Gasteiger partial charge in [-0.25, -0.2) is 9.98 Å². The lowest BCUT2D eigenvalue weighted by atomic mass is 10.0. The molecule has 1 atom stereocenters. The molecule has 1 aromatic carbocycles. The summed E-state index contributed by atoms with van der Waals surface area (Å²) in [5.74, 6) is 1.25. The van der Waals surface area contributed by atoms with E-state index in [1.54, 1.807) is 11.3 Å². The Morgan fingerprint density at radius 2 is 2.04 bits per heavy atom. The first-order chi connectivity index (χ1) is 12.2. The molecule has 0 radical (unpaired) electrons. The highest BCUT2D eigenvalue weighted by Crippen LogP contribution is 2.15. The topological polar surface area (TPSA) is 53.7 Å². The Bertz CT molecular complexity index is 809. The number of rotatable bonds is 6. The Hall–Kier alpha value is -1.61. The van der Waals surface area contributed by atoms with Crippen LogP contribution in [-0.2, 0) is 6.54 Å². The molecule has 2 N–H and O–H groups in total. The number of guanidine groups is 1. The molecule has 0 aliphatic heterocycles. The summed E-state index contributed by atoms with van der Waals surface area (Å²) in [6.07, 6.45) is 4.06. The number of thiazole rings is 1. The predicted octanol–water partition coefficient (Wildman–Crippen LogP) is 4.18. The van der Waals surface area contributed by atoms with Crippen molar-refractivity contribution < 1.29 is 0 Å². The zero-order chi connectivity index (χ0) is 17.6. The Morgan fingerprint density at radius 1 is 1.27 bits per heavy atom. The average Bonchev–Trinajstić information content (AvgIpc) is 3.19. The van der Waals surface area contributed by atoms with Crippen molar-refractivity contribution in [1.82, 2.24) is 20.0 Å². The summed E-state index contributed by atoms with van der Waals surface area (Å²) in [6.45, 7) is 8.67. The molecular weight excluding hydrogens is 457 g/mol. The van der Waals surface area contributed by atoms with Gasteiger partial charge >= 0.3 is 0 Å². The Kier molecular flexibility index (Phi) is 7.89. The van der Waals surface area contributed by atoms with Gasteiger partial charge in [0.2, 0.25) is 0 Å². The van der Waals surface area contributed by atoms with Crippen LogP contribution in [0.15, 0.2) is 47.0 Å². The molecule has 0 bridgehead atoms. The largest absolute Gasteiger partial charge is 0.357 e. The molecule has 0 saturated heterocycles. The third-order valence-electron chi connectivity index (χ3n) is 4.11. The van der Waals surface area contributed by atoms with Gasteiger partial charge in [0.05, 0.1) is 12.2 Å². The zero-order valence-corrected chi connectivity index (χ0v) is 18.5. The molecule has 0 spiro atoms. The van der Waals surface area contributed by atoms with E-state index in [1.807, 2.05) is 22.2 Å². The Labute approximate surface area is 176 Å². The number of aryl methyl sites for hydroxylation is 1. The maximum atomic E-state index is 4.66. The second-order valence-corrected chi connectivity index (χ2v) is 7.09. The quantitative estimate of drug-likeness (QED) is 0.314. The van der Waals surface area contributed by atoms with E-state index >= 15 is 0 Å². The van der Waals surface area contributed by atoms with E-state index < -0.39 is 0 Å². The first kappa shape index (κ1) is 20.7. The highest BCUT2D eigenvalue weighted by atomic mass is 127. The van der Waals surface area contributed by atoms with Gasteiger partial charge in [0.15, 0.2) is 10.9 Å². The molecule has 0 fully saturated rings. The highest BCUT2D eigenvalue weighted by Gasteiger charge is 2.07. The third kappa shape index (κ3) is 5.44. The third-order valence-corrected chi connectivity index (χ3v) is 4.88. The van der Waals surface area contributed by atoms with Crippen molar-refractivity contribution >= 4 is 46.2 Å². The monoisotopic (exact) mass is 483 g/mol. The van der Waals surface area contributed by atoms with E-state index in [2.05, 4.69) is 65.6 Å². The lowest BCUT2D eigenvalue weighted by Gasteiger charge is -2.16. The van der Waals surface area contributed by atoms with Gasteiger partial charge in [-0.1, -0.05) is 36.8 Å². The minimum Gasteiger partial charge on any atom is -0.357 e. The smallest absolute Gasteiger partial charge is 0.193 e. The van der Waals surface area contributed by atoms with E-state index in [0.29, 0.717) is 12.5 Å². The van der Waals surface area contributed by atoms with Crippen molar-refractivity contribution in [3.05, 3.63) is 58.9 Å². The fraction of sp³-hybridized carbons (Fsp3) is 0.368. The van der Waals surface area contributed by atoms with Gasteiger partial charge in [0.1, 0.15) is 0 Å². The molecule has 26 heavy (non-hydrogen) atoms. The standard InChI is InChI=1S/C19H25N5S.HI/c1-4-20-18(21-11-15(3)16-7-5-14(2)6-8-16)22-12-17-13-24-9-10-25-19(24)23-17;/h5-10,13,15H,4,11-12H2,1-3H3,(H2,20,21,22);1H. The van der Waals surface area contributed by atoms with Crippen molar-refractivity contribution in [2.45, 2.75) is 33.2 Å². The van der Waals surface area contributed by atoms with E-state index in [4.69, 9.17) is 0 Å². The molecule has 7 heteroatoms. The van der Waals surface area contributed by atoms with Gasteiger partial charge in [-0.3, -0.25) is 4.40 Å². The van der Waals surface area contributed by atoms with E-state index in [0.717, 1.165) is 29.7 Å². The fourth-order valence-corrected chi connectivity index (χ4v) is 3.34. The molecule has 5 nitrogen and oxygen atoms in total. The molecule has 3 rings (SSSR count). The van der Waals surface area contributed by atoms with Crippen LogP contribution in [0.4, 0.5) is 0 Å². The summed E-state index contributed by atoms with van der Waals surface area (Å²) >= 11 is 1.64. The van der Waals surface area contributed by atoms with Crippen molar-refractivity contribution in [1.29, 1.82) is 0 Å². The van der Waals surface area contributed by atoms with Crippen molar-refractivity contribution in [3.63, 3.8) is 0 Å². The molecule has 0 aliphatic rings.